The Balaban J connectivity index is 3.15. The molecule has 1 rings (SSSR count). The molecule has 4 amide bonds. The Bertz CT molecular complexity index is 933. The van der Waals surface area contributed by atoms with Crippen molar-refractivity contribution in [3.63, 3.8) is 0 Å². The lowest BCUT2D eigenvalue weighted by molar-refractivity contribution is -0.143. The Morgan fingerprint density at radius 1 is 0.833 bits per heavy atom. The summed E-state index contributed by atoms with van der Waals surface area (Å²) >= 11 is 0. The first-order valence-corrected chi connectivity index (χ1v) is 11.7. The lowest BCUT2D eigenvalue weighted by Crippen LogP contribution is -2.58. The molecule has 0 aliphatic carbocycles. The summed E-state index contributed by atoms with van der Waals surface area (Å²) in [4.78, 5) is 61.7. The molecule has 0 saturated heterocycles. The van der Waals surface area contributed by atoms with Gasteiger partial charge in [-0.3, -0.25) is 19.2 Å². The number of phenolic OH excluding ortho intramolecular Hbond substituents is 1. The number of hydrogen-bond acceptors (Lipinski definition) is 7. The number of carbonyl (C=O) groups is 5. The highest BCUT2D eigenvalue weighted by atomic mass is 16.4. The van der Waals surface area contributed by atoms with Crippen LogP contribution in [0.1, 0.15) is 46.1 Å². The Kier molecular flexibility index (Phi) is 11.8. The predicted octanol–water partition coefficient (Wildman–Crippen LogP) is -0.621. The predicted molar refractivity (Wildman–Crippen MR) is 131 cm³/mol. The second kappa shape index (κ2) is 14.0. The van der Waals surface area contributed by atoms with Gasteiger partial charge in [0.1, 0.15) is 23.9 Å². The van der Waals surface area contributed by atoms with Gasteiger partial charge in [-0.1, -0.05) is 39.8 Å². The summed E-state index contributed by atoms with van der Waals surface area (Å²) in [7, 11) is 0. The number of carbonyl (C=O) groups excluding carboxylic acids is 4. The standard InChI is InChI=1S/C24H37N5O7/c1-12(2)9-18(24(35)36)29-22(33)17(11-19(25)31)27-21(32)16(28-23(34)20(26)13(3)4)10-14-5-7-15(30)8-6-14/h5-8,12-13,16-18,20,30H,9-11,26H2,1-4H3,(H2,25,31)(H,27,32)(H,28,34)(H,29,33)(H,35,36). The van der Waals surface area contributed by atoms with Crippen LogP contribution in [0.4, 0.5) is 0 Å². The van der Waals surface area contributed by atoms with Gasteiger partial charge < -0.3 is 37.6 Å². The number of nitrogens with two attached hydrogens (primary N) is 2. The zero-order valence-corrected chi connectivity index (χ0v) is 21.0. The first-order chi connectivity index (χ1) is 16.7. The maximum absolute atomic E-state index is 13.2. The molecule has 36 heavy (non-hydrogen) atoms. The average molecular weight is 508 g/mol. The number of carboxylic acid groups (broad SMARTS) is 1. The maximum atomic E-state index is 13.2. The van der Waals surface area contributed by atoms with Gasteiger partial charge in [0.25, 0.3) is 0 Å². The maximum Gasteiger partial charge on any atom is 0.326 e. The molecule has 0 saturated carbocycles. The van der Waals surface area contributed by atoms with Crippen LogP contribution in [0.5, 0.6) is 5.75 Å². The number of aromatic hydroxyl groups is 1. The highest BCUT2D eigenvalue weighted by Gasteiger charge is 2.32. The van der Waals surface area contributed by atoms with Gasteiger partial charge in [0, 0.05) is 6.42 Å². The molecule has 0 radical (unpaired) electrons. The number of aliphatic carboxylic acids is 1. The van der Waals surface area contributed by atoms with Gasteiger partial charge in [0.15, 0.2) is 0 Å². The van der Waals surface area contributed by atoms with Crippen molar-refractivity contribution in [2.75, 3.05) is 0 Å². The van der Waals surface area contributed by atoms with Crippen molar-refractivity contribution < 1.29 is 34.2 Å². The third-order valence-corrected chi connectivity index (χ3v) is 5.39. The summed E-state index contributed by atoms with van der Waals surface area (Å²) in [5.74, 6) is -4.71. The van der Waals surface area contributed by atoms with Crippen LogP contribution in [-0.2, 0) is 30.4 Å². The summed E-state index contributed by atoms with van der Waals surface area (Å²) in [6.07, 6.45) is -0.472. The van der Waals surface area contributed by atoms with Gasteiger partial charge in [-0.15, -0.1) is 0 Å². The first kappa shape index (κ1) is 30.4. The van der Waals surface area contributed by atoms with Crippen LogP contribution < -0.4 is 27.4 Å². The van der Waals surface area contributed by atoms with Crippen LogP contribution in [0.2, 0.25) is 0 Å². The van der Waals surface area contributed by atoms with Crippen molar-refractivity contribution in [3.8, 4) is 5.75 Å². The molecule has 0 aliphatic rings. The Hall–Kier alpha value is -3.67. The zero-order valence-electron chi connectivity index (χ0n) is 21.0. The Morgan fingerprint density at radius 3 is 1.81 bits per heavy atom. The molecule has 0 heterocycles. The fourth-order valence-corrected chi connectivity index (χ4v) is 3.30. The van der Waals surface area contributed by atoms with Crippen LogP contribution in [0.25, 0.3) is 0 Å². The minimum atomic E-state index is -1.47. The van der Waals surface area contributed by atoms with Crippen molar-refractivity contribution in [2.24, 2.45) is 23.3 Å². The van der Waals surface area contributed by atoms with Gasteiger partial charge in [-0.05, 0) is 36.0 Å². The van der Waals surface area contributed by atoms with Gasteiger partial charge >= 0.3 is 5.97 Å². The normalized spacial score (nSPS) is 14.4. The Labute approximate surface area is 210 Å². The topological polar surface area (TPSA) is 214 Å². The van der Waals surface area contributed by atoms with E-state index in [9.17, 15) is 34.2 Å². The molecule has 12 heteroatoms. The van der Waals surface area contributed by atoms with Gasteiger partial charge in [0.05, 0.1) is 12.5 Å². The number of hydrogen-bond donors (Lipinski definition) is 7. The van der Waals surface area contributed by atoms with Crippen LogP contribution in [0.15, 0.2) is 24.3 Å². The summed E-state index contributed by atoms with van der Waals surface area (Å²) in [5, 5.41) is 26.2. The summed E-state index contributed by atoms with van der Waals surface area (Å²) in [5.41, 5.74) is 11.7. The van der Waals surface area contributed by atoms with Crippen LogP contribution >= 0.6 is 0 Å². The van der Waals surface area contributed by atoms with Crippen molar-refractivity contribution in [2.45, 2.75) is 71.1 Å². The molecule has 0 bridgehead atoms. The smallest absolute Gasteiger partial charge is 0.326 e. The van der Waals surface area contributed by atoms with E-state index in [1.165, 1.54) is 12.1 Å². The van der Waals surface area contributed by atoms with Crippen molar-refractivity contribution in [3.05, 3.63) is 29.8 Å². The van der Waals surface area contributed by atoms with Crippen LogP contribution in [0.3, 0.4) is 0 Å². The number of benzene rings is 1. The van der Waals surface area contributed by atoms with E-state index in [0.717, 1.165) is 0 Å². The van der Waals surface area contributed by atoms with E-state index < -0.39 is 60.2 Å². The molecular formula is C24H37N5O7. The lowest BCUT2D eigenvalue weighted by Gasteiger charge is -2.25. The minimum Gasteiger partial charge on any atom is -0.508 e. The van der Waals surface area contributed by atoms with Crippen molar-refractivity contribution in [1.29, 1.82) is 0 Å². The van der Waals surface area contributed by atoms with Crippen LogP contribution in [-0.4, -0.2) is 64.0 Å². The second-order valence-corrected chi connectivity index (χ2v) is 9.46. The summed E-state index contributed by atoms with van der Waals surface area (Å²) in [6, 6.07) is 1.13. The molecule has 1 aromatic rings. The molecule has 9 N–H and O–H groups in total. The number of primary amides is 1. The number of amides is 4. The van der Waals surface area contributed by atoms with Crippen molar-refractivity contribution in [1.82, 2.24) is 16.0 Å². The first-order valence-electron chi connectivity index (χ1n) is 11.7. The number of phenols is 1. The molecule has 0 aliphatic heterocycles. The molecule has 0 aromatic heterocycles. The number of carboxylic acids is 1. The van der Waals surface area contributed by atoms with E-state index in [1.54, 1.807) is 39.8 Å². The number of nitrogens with one attached hydrogen (secondary N) is 3. The molecule has 4 unspecified atom stereocenters. The lowest BCUT2D eigenvalue weighted by atomic mass is 10.0. The van der Waals surface area contributed by atoms with E-state index >= 15 is 0 Å². The van der Waals surface area contributed by atoms with E-state index in [4.69, 9.17) is 11.5 Å². The van der Waals surface area contributed by atoms with E-state index in [1.807, 2.05) is 0 Å². The summed E-state index contributed by atoms with van der Waals surface area (Å²) in [6.45, 7) is 7.04. The zero-order chi connectivity index (χ0) is 27.6. The fraction of sp³-hybridized carbons (Fsp3) is 0.542. The van der Waals surface area contributed by atoms with E-state index in [-0.39, 0.29) is 30.4 Å². The molecule has 200 valence electrons. The highest BCUT2D eigenvalue weighted by Crippen LogP contribution is 2.12. The average Bonchev–Trinajstić information content (AvgIpc) is 2.77. The van der Waals surface area contributed by atoms with E-state index in [0.29, 0.717) is 5.56 Å². The van der Waals surface area contributed by atoms with Gasteiger partial charge in [0.2, 0.25) is 23.6 Å². The highest BCUT2D eigenvalue weighted by molar-refractivity contribution is 5.96. The quantitative estimate of drug-likeness (QED) is 0.172. The summed E-state index contributed by atoms with van der Waals surface area (Å²) < 4.78 is 0. The molecule has 12 nitrogen and oxygen atoms in total. The molecule has 0 spiro atoms. The second-order valence-electron chi connectivity index (χ2n) is 9.46. The number of rotatable bonds is 14. The van der Waals surface area contributed by atoms with Crippen LogP contribution in [0, 0.1) is 11.8 Å². The third kappa shape index (κ3) is 10.3. The minimum absolute atomic E-state index is 0.0122. The molecular weight excluding hydrogens is 470 g/mol. The SMILES string of the molecule is CC(C)CC(NC(=O)C(CC(N)=O)NC(=O)C(Cc1ccc(O)cc1)NC(=O)C(N)C(C)C)C(=O)O. The molecule has 1 aromatic carbocycles. The monoisotopic (exact) mass is 507 g/mol. The third-order valence-electron chi connectivity index (χ3n) is 5.39. The molecule has 4 atom stereocenters. The van der Waals surface area contributed by atoms with Gasteiger partial charge in [-0.25, -0.2) is 4.79 Å². The van der Waals surface area contributed by atoms with E-state index in [2.05, 4.69) is 16.0 Å². The Morgan fingerprint density at radius 2 is 1.33 bits per heavy atom. The largest absolute Gasteiger partial charge is 0.508 e. The molecule has 0 fully saturated rings. The van der Waals surface area contributed by atoms with Gasteiger partial charge in [-0.2, -0.15) is 0 Å². The fourth-order valence-electron chi connectivity index (χ4n) is 3.30. The van der Waals surface area contributed by atoms with Crippen molar-refractivity contribution >= 4 is 29.6 Å².